The maximum absolute atomic E-state index is 9.05. The van der Waals surface area contributed by atoms with Crippen LogP contribution in [0, 0.1) is 0 Å². The summed E-state index contributed by atoms with van der Waals surface area (Å²) in [6.45, 7) is 12.5. The number of nitrogens with zero attached hydrogens (tertiary/aromatic N) is 4. The summed E-state index contributed by atoms with van der Waals surface area (Å²) in [6.07, 6.45) is 8.58. The van der Waals surface area contributed by atoms with Crippen LogP contribution >= 0.6 is 0 Å². The maximum Gasteiger partial charge on any atom is 0.119 e. The van der Waals surface area contributed by atoms with Gasteiger partial charge in [-0.25, -0.2) is 0 Å². The van der Waals surface area contributed by atoms with Crippen LogP contribution in [0.1, 0.15) is 51.9 Å². The Balaban J connectivity index is 1.18. The summed E-state index contributed by atoms with van der Waals surface area (Å²) >= 11 is 0. The fraction of sp³-hybridized carbons (Fsp3) is 0.769. The fourth-order valence-corrected chi connectivity index (χ4v) is 5.64. The molecule has 1 aliphatic carbocycles. The Labute approximate surface area is 195 Å². The highest BCUT2D eigenvalue weighted by Gasteiger charge is 2.33. The Kier molecular flexibility index (Phi) is 9.09. The Morgan fingerprint density at radius 1 is 0.844 bits per heavy atom. The minimum atomic E-state index is 0.316. The molecule has 180 valence electrons. The molecule has 0 spiro atoms. The van der Waals surface area contributed by atoms with Gasteiger partial charge in [-0.05, 0) is 62.8 Å². The van der Waals surface area contributed by atoms with Crippen molar-refractivity contribution in [1.82, 2.24) is 14.7 Å². The van der Waals surface area contributed by atoms with Crippen molar-refractivity contribution in [2.45, 2.75) is 64.0 Å². The lowest BCUT2D eigenvalue weighted by Crippen LogP contribution is -2.52. The predicted molar refractivity (Wildman–Crippen MR) is 132 cm³/mol. The molecule has 0 unspecified atom stereocenters. The smallest absolute Gasteiger partial charge is 0.119 e. The average molecular weight is 445 g/mol. The molecule has 3 fully saturated rings. The highest BCUT2D eigenvalue weighted by molar-refractivity contribution is 5.49. The van der Waals surface area contributed by atoms with Gasteiger partial charge >= 0.3 is 0 Å². The normalized spacial score (nSPS) is 26.0. The van der Waals surface area contributed by atoms with Gasteiger partial charge in [0.05, 0.1) is 13.3 Å². The minimum Gasteiger partial charge on any atom is -0.494 e. The first-order valence-electron chi connectivity index (χ1n) is 13.1. The van der Waals surface area contributed by atoms with Gasteiger partial charge in [-0.3, -0.25) is 9.80 Å². The van der Waals surface area contributed by atoms with Crippen molar-refractivity contribution < 1.29 is 9.84 Å². The van der Waals surface area contributed by atoms with E-state index in [-0.39, 0.29) is 0 Å². The van der Waals surface area contributed by atoms with Crippen LogP contribution in [-0.2, 0) is 0 Å². The number of unbranched alkanes of at least 4 members (excludes halogenated alkanes) is 1. The van der Waals surface area contributed by atoms with E-state index in [9.17, 15) is 0 Å². The van der Waals surface area contributed by atoms with E-state index in [2.05, 4.69) is 50.8 Å². The quantitative estimate of drug-likeness (QED) is 0.559. The van der Waals surface area contributed by atoms with Gasteiger partial charge in [0, 0.05) is 70.2 Å². The first-order valence-corrected chi connectivity index (χ1v) is 13.1. The van der Waals surface area contributed by atoms with Crippen LogP contribution in [-0.4, -0.2) is 97.6 Å². The zero-order valence-corrected chi connectivity index (χ0v) is 20.1. The summed E-state index contributed by atoms with van der Waals surface area (Å²) < 4.78 is 5.82. The van der Waals surface area contributed by atoms with Crippen LogP contribution in [0.3, 0.4) is 0 Å². The summed E-state index contributed by atoms with van der Waals surface area (Å²) in [6, 6.07) is 10.2. The van der Waals surface area contributed by atoms with Crippen molar-refractivity contribution in [1.29, 1.82) is 0 Å². The number of rotatable bonds is 10. The van der Waals surface area contributed by atoms with Crippen molar-refractivity contribution in [3.8, 4) is 5.75 Å². The number of piperazine rings is 1. The van der Waals surface area contributed by atoms with E-state index in [1.54, 1.807) is 0 Å². The van der Waals surface area contributed by atoms with E-state index in [1.165, 1.54) is 70.5 Å². The summed E-state index contributed by atoms with van der Waals surface area (Å²) in [5, 5.41) is 9.05. The summed E-state index contributed by atoms with van der Waals surface area (Å²) in [7, 11) is 0. The van der Waals surface area contributed by atoms with E-state index < -0.39 is 0 Å². The number of anilines is 1. The SMILES string of the molecule is CCCCOc1ccc(N2CCN(C3CCC(N4CCN(CCCO)CC4)CC3)C2)cc1. The van der Waals surface area contributed by atoms with Gasteiger partial charge < -0.3 is 19.6 Å². The van der Waals surface area contributed by atoms with Gasteiger partial charge in [-0.15, -0.1) is 0 Å². The van der Waals surface area contributed by atoms with Gasteiger partial charge in [0.2, 0.25) is 0 Å². The lowest BCUT2D eigenvalue weighted by atomic mass is 9.89. The van der Waals surface area contributed by atoms with E-state index in [4.69, 9.17) is 9.84 Å². The van der Waals surface area contributed by atoms with Crippen molar-refractivity contribution >= 4 is 5.69 Å². The molecule has 1 aromatic rings. The predicted octanol–water partition coefficient (Wildman–Crippen LogP) is 3.26. The van der Waals surface area contributed by atoms with Gasteiger partial charge in [0.15, 0.2) is 0 Å². The Morgan fingerprint density at radius 2 is 1.50 bits per heavy atom. The Hall–Kier alpha value is -1.34. The topological polar surface area (TPSA) is 42.4 Å². The first kappa shape index (κ1) is 23.8. The molecule has 0 bridgehead atoms. The van der Waals surface area contributed by atoms with Gasteiger partial charge in [-0.1, -0.05) is 13.3 Å². The molecule has 3 aliphatic rings. The molecule has 2 saturated heterocycles. The molecule has 2 heterocycles. The van der Waals surface area contributed by atoms with Crippen LogP contribution in [0.15, 0.2) is 24.3 Å². The van der Waals surface area contributed by atoms with Crippen molar-refractivity contribution in [2.24, 2.45) is 0 Å². The number of aliphatic hydroxyl groups is 1. The molecule has 0 atom stereocenters. The highest BCUT2D eigenvalue weighted by atomic mass is 16.5. The third-order valence-corrected chi connectivity index (χ3v) is 7.72. The largest absolute Gasteiger partial charge is 0.494 e. The second-order valence-electron chi connectivity index (χ2n) is 9.83. The molecule has 0 aromatic heterocycles. The lowest BCUT2D eigenvalue weighted by Gasteiger charge is -2.43. The van der Waals surface area contributed by atoms with Crippen LogP contribution in [0.5, 0.6) is 5.75 Å². The molecule has 0 radical (unpaired) electrons. The lowest BCUT2D eigenvalue weighted by molar-refractivity contribution is 0.0587. The third-order valence-electron chi connectivity index (χ3n) is 7.72. The standard InChI is InChI=1S/C26H44N4O2/c1-2-3-21-32-26-11-9-25(10-12-26)30-19-18-29(22-30)24-7-5-23(6-8-24)28-16-14-27(15-17-28)13-4-20-31/h9-12,23-24,31H,2-8,13-22H2,1H3. The highest BCUT2D eigenvalue weighted by Crippen LogP contribution is 2.30. The number of ether oxygens (including phenoxy) is 1. The number of hydrogen-bond donors (Lipinski definition) is 1. The minimum absolute atomic E-state index is 0.316. The second-order valence-corrected chi connectivity index (χ2v) is 9.83. The molecule has 1 N–H and O–H groups in total. The molecular formula is C26H44N4O2. The molecule has 6 nitrogen and oxygen atoms in total. The molecule has 6 heteroatoms. The van der Waals surface area contributed by atoms with Gasteiger partial charge in [0.25, 0.3) is 0 Å². The van der Waals surface area contributed by atoms with Crippen LogP contribution < -0.4 is 9.64 Å². The molecule has 32 heavy (non-hydrogen) atoms. The molecule has 4 rings (SSSR count). The maximum atomic E-state index is 9.05. The number of benzene rings is 1. The van der Waals surface area contributed by atoms with Crippen molar-refractivity contribution in [3.63, 3.8) is 0 Å². The van der Waals surface area contributed by atoms with E-state index in [0.717, 1.165) is 57.0 Å². The van der Waals surface area contributed by atoms with Crippen LogP contribution in [0.4, 0.5) is 5.69 Å². The molecular weight excluding hydrogens is 400 g/mol. The number of aliphatic hydroxyl groups excluding tert-OH is 1. The molecule has 1 saturated carbocycles. The molecule has 2 aliphatic heterocycles. The summed E-state index contributed by atoms with van der Waals surface area (Å²) in [5.41, 5.74) is 1.32. The van der Waals surface area contributed by atoms with Gasteiger partial charge in [-0.2, -0.15) is 0 Å². The molecule has 1 aromatic carbocycles. The van der Waals surface area contributed by atoms with Crippen LogP contribution in [0.25, 0.3) is 0 Å². The van der Waals surface area contributed by atoms with E-state index in [0.29, 0.717) is 6.61 Å². The van der Waals surface area contributed by atoms with Crippen molar-refractivity contribution in [3.05, 3.63) is 24.3 Å². The molecule has 0 amide bonds. The summed E-state index contributed by atoms with van der Waals surface area (Å²) in [5.74, 6) is 0.991. The van der Waals surface area contributed by atoms with Crippen molar-refractivity contribution in [2.75, 3.05) is 70.6 Å². The van der Waals surface area contributed by atoms with Gasteiger partial charge in [0.1, 0.15) is 5.75 Å². The zero-order chi connectivity index (χ0) is 22.2. The Bertz CT molecular complexity index is 654. The average Bonchev–Trinajstić information content (AvgIpc) is 3.34. The van der Waals surface area contributed by atoms with Crippen LogP contribution in [0.2, 0.25) is 0 Å². The van der Waals surface area contributed by atoms with E-state index in [1.807, 2.05) is 0 Å². The zero-order valence-electron chi connectivity index (χ0n) is 20.1. The summed E-state index contributed by atoms with van der Waals surface area (Å²) in [4.78, 5) is 10.5. The fourth-order valence-electron chi connectivity index (χ4n) is 5.64. The Morgan fingerprint density at radius 3 is 2.16 bits per heavy atom. The number of hydrogen-bond acceptors (Lipinski definition) is 6. The third kappa shape index (κ3) is 6.37. The monoisotopic (exact) mass is 444 g/mol. The van der Waals surface area contributed by atoms with E-state index >= 15 is 0 Å². The second kappa shape index (κ2) is 12.2. The first-order chi connectivity index (χ1) is 15.8.